The number of allylic oxidation sites excluding steroid dienone is 8. The molecule has 0 heterocycles. The zero-order valence-electron chi connectivity index (χ0n) is 34.7. The monoisotopic (exact) mass is 813 g/mol. The van der Waals surface area contributed by atoms with Crippen molar-refractivity contribution in [3.8, 4) is 0 Å². The van der Waals surface area contributed by atoms with Crippen LogP contribution >= 0.6 is 7.82 Å². The molecule has 0 fully saturated rings. The smallest absolute Gasteiger partial charge is 0.462 e. The first-order valence-electron chi connectivity index (χ1n) is 21.4. The van der Waals surface area contributed by atoms with Crippen molar-refractivity contribution in [2.45, 2.75) is 180 Å². The summed E-state index contributed by atoms with van der Waals surface area (Å²) in [7, 11) is -4.65. The van der Waals surface area contributed by atoms with Crippen LogP contribution in [0.25, 0.3) is 0 Å². The molecule has 4 atom stereocenters. The zero-order valence-corrected chi connectivity index (χ0v) is 35.6. The molecule has 0 aromatic rings. The number of ether oxygens (including phenoxy) is 2. The lowest BCUT2D eigenvalue weighted by Gasteiger charge is -2.20. The largest absolute Gasteiger partial charge is 0.472 e. The van der Waals surface area contributed by atoms with Crippen molar-refractivity contribution >= 4 is 19.8 Å². The van der Waals surface area contributed by atoms with Gasteiger partial charge in [-0.1, -0.05) is 139 Å². The maximum absolute atomic E-state index is 12.6. The molecule has 0 aliphatic rings. The molecule has 0 aliphatic carbocycles. The molecule has 12 heteroatoms. The lowest BCUT2D eigenvalue weighted by molar-refractivity contribution is -0.161. The van der Waals surface area contributed by atoms with Crippen LogP contribution in [0.15, 0.2) is 60.8 Å². The van der Waals surface area contributed by atoms with E-state index in [1.807, 2.05) is 36.5 Å². The highest BCUT2D eigenvalue weighted by Crippen LogP contribution is 2.43. The van der Waals surface area contributed by atoms with Crippen LogP contribution in [0.4, 0.5) is 0 Å². The number of hydrogen-bond donors (Lipinski definition) is 4. The molecular formula is C44H77O11P. The molecule has 0 saturated heterocycles. The van der Waals surface area contributed by atoms with Crippen LogP contribution in [0.2, 0.25) is 0 Å². The van der Waals surface area contributed by atoms with Gasteiger partial charge in [0.25, 0.3) is 0 Å². The van der Waals surface area contributed by atoms with E-state index >= 15 is 0 Å². The quantitative estimate of drug-likeness (QED) is 0.0153. The lowest BCUT2D eigenvalue weighted by Crippen LogP contribution is -2.29. The van der Waals surface area contributed by atoms with Gasteiger partial charge < -0.3 is 29.7 Å². The number of rotatable bonds is 39. The molecule has 0 aromatic heterocycles. The van der Waals surface area contributed by atoms with E-state index in [0.29, 0.717) is 32.1 Å². The van der Waals surface area contributed by atoms with Crippen molar-refractivity contribution in [1.29, 1.82) is 0 Å². The highest BCUT2D eigenvalue weighted by Gasteiger charge is 2.27. The maximum Gasteiger partial charge on any atom is 0.472 e. The second kappa shape index (κ2) is 39.5. The number of phosphoric ester groups is 1. The summed E-state index contributed by atoms with van der Waals surface area (Å²) in [6.45, 7) is 2.16. The molecule has 0 saturated carbocycles. The van der Waals surface area contributed by atoms with E-state index in [1.165, 1.54) is 70.6 Å². The van der Waals surface area contributed by atoms with Gasteiger partial charge in [0.05, 0.1) is 25.9 Å². The summed E-state index contributed by atoms with van der Waals surface area (Å²) < 4.78 is 32.6. The zero-order chi connectivity index (χ0) is 41.4. The van der Waals surface area contributed by atoms with E-state index in [1.54, 1.807) is 6.08 Å². The Morgan fingerprint density at radius 3 is 1.84 bits per heavy atom. The van der Waals surface area contributed by atoms with Crippen LogP contribution in [-0.4, -0.2) is 76.9 Å². The van der Waals surface area contributed by atoms with Gasteiger partial charge in [0.1, 0.15) is 12.7 Å². The number of phosphoric acid groups is 1. The van der Waals surface area contributed by atoms with Gasteiger partial charge in [-0.15, -0.1) is 0 Å². The standard InChI is InChI=1S/C44H77O11P/c1-3-5-7-9-11-12-13-14-15-16-17-18-22-26-30-34-43(48)52-38-42(39-54-56(50,51)53-37-41(47)36-45)55-44(49)35-31-27-23-19-21-25-29-33-40(46)32-28-24-20-10-8-6-4-2/h12-13,19-20,23-25,28-29,32,40-42,45-47H,3-11,14-18,21-22,26-27,30-31,33-39H2,1-2H3,(H,50,51)/b13-12-,23-19+,24-20-,29-25-,32-28-/t40-,41-,42+/m0/s1. The molecule has 0 amide bonds. The highest BCUT2D eigenvalue weighted by atomic mass is 31.2. The minimum atomic E-state index is -4.65. The first-order valence-corrected chi connectivity index (χ1v) is 22.8. The molecule has 4 N–H and O–H groups in total. The second-order valence-corrected chi connectivity index (χ2v) is 15.7. The van der Waals surface area contributed by atoms with Crippen LogP contribution in [-0.2, 0) is 32.7 Å². The average molecular weight is 813 g/mol. The molecular weight excluding hydrogens is 735 g/mol. The lowest BCUT2D eigenvalue weighted by atomic mass is 10.1. The Morgan fingerprint density at radius 2 is 1.14 bits per heavy atom. The predicted octanol–water partition coefficient (Wildman–Crippen LogP) is 10.1. The van der Waals surface area contributed by atoms with Crippen LogP contribution in [0.5, 0.6) is 0 Å². The van der Waals surface area contributed by atoms with Crippen LogP contribution < -0.4 is 0 Å². The molecule has 0 radical (unpaired) electrons. The molecule has 56 heavy (non-hydrogen) atoms. The number of aliphatic hydroxyl groups excluding tert-OH is 3. The van der Waals surface area contributed by atoms with E-state index in [4.69, 9.17) is 19.1 Å². The van der Waals surface area contributed by atoms with Gasteiger partial charge in [-0.25, -0.2) is 4.57 Å². The molecule has 0 rings (SSSR count). The number of carbonyl (C=O) groups is 2. The number of esters is 2. The first kappa shape index (κ1) is 53.6. The fourth-order valence-electron chi connectivity index (χ4n) is 5.35. The van der Waals surface area contributed by atoms with Crippen molar-refractivity contribution in [3.63, 3.8) is 0 Å². The molecule has 0 bridgehead atoms. The van der Waals surface area contributed by atoms with Crippen molar-refractivity contribution in [2.75, 3.05) is 26.4 Å². The van der Waals surface area contributed by atoms with E-state index in [9.17, 15) is 29.3 Å². The molecule has 1 unspecified atom stereocenters. The number of unbranched alkanes of at least 4 members (excludes halogenated alkanes) is 15. The normalized spacial score (nSPS) is 15.0. The molecule has 0 aromatic carbocycles. The Hall–Kier alpha value is -2.37. The highest BCUT2D eigenvalue weighted by molar-refractivity contribution is 7.47. The SMILES string of the molecule is CCCCC/C=C\C=C/[C@H](O)C/C=C\C/C=C/CCCC(=O)O[C@H](COC(=O)CCCCCCCCC/C=C\CCCCCC)COP(=O)(O)OC[C@@H](O)CO. The third-order valence-corrected chi connectivity index (χ3v) is 9.68. The van der Waals surface area contributed by atoms with Crippen molar-refractivity contribution in [3.05, 3.63) is 60.8 Å². The fourth-order valence-corrected chi connectivity index (χ4v) is 6.14. The maximum atomic E-state index is 12.6. The summed E-state index contributed by atoms with van der Waals surface area (Å²) >= 11 is 0. The van der Waals surface area contributed by atoms with E-state index < -0.39 is 57.9 Å². The number of carbonyl (C=O) groups excluding carboxylic acids is 2. The van der Waals surface area contributed by atoms with Crippen molar-refractivity contribution in [2.24, 2.45) is 0 Å². The van der Waals surface area contributed by atoms with Crippen LogP contribution in [0.1, 0.15) is 162 Å². The Bertz CT molecular complexity index is 1130. The van der Waals surface area contributed by atoms with Gasteiger partial charge in [-0.2, -0.15) is 0 Å². The molecule has 324 valence electrons. The second-order valence-electron chi connectivity index (χ2n) is 14.2. The third kappa shape index (κ3) is 38.5. The Labute approximate surface area is 338 Å². The summed E-state index contributed by atoms with van der Waals surface area (Å²) in [5.41, 5.74) is 0. The molecule has 0 aliphatic heterocycles. The van der Waals surface area contributed by atoms with Gasteiger partial charge in [0, 0.05) is 12.8 Å². The summed E-state index contributed by atoms with van der Waals surface area (Å²) in [5.74, 6) is -1.04. The van der Waals surface area contributed by atoms with Crippen molar-refractivity contribution < 1.29 is 52.9 Å². The molecule has 11 nitrogen and oxygen atoms in total. The summed E-state index contributed by atoms with van der Waals surface area (Å²) in [5, 5.41) is 28.4. The Balaban J connectivity index is 4.48. The van der Waals surface area contributed by atoms with E-state index in [2.05, 4.69) is 36.6 Å². The number of hydrogen-bond acceptors (Lipinski definition) is 10. The average Bonchev–Trinajstić information content (AvgIpc) is 3.18. The number of aliphatic hydroxyl groups is 3. The Kier molecular flexibility index (Phi) is 37.8. The van der Waals surface area contributed by atoms with Crippen LogP contribution in [0, 0.1) is 0 Å². The first-order chi connectivity index (χ1) is 27.1. The van der Waals surface area contributed by atoms with Gasteiger partial charge in [0.15, 0.2) is 6.10 Å². The summed E-state index contributed by atoms with van der Waals surface area (Å²) in [4.78, 5) is 34.9. The Morgan fingerprint density at radius 1 is 0.607 bits per heavy atom. The minimum absolute atomic E-state index is 0.0714. The minimum Gasteiger partial charge on any atom is -0.462 e. The fraction of sp³-hybridized carbons (Fsp3) is 0.727. The predicted molar refractivity (Wildman–Crippen MR) is 225 cm³/mol. The van der Waals surface area contributed by atoms with Crippen molar-refractivity contribution in [1.82, 2.24) is 0 Å². The molecule has 0 spiro atoms. The van der Waals surface area contributed by atoms with E-state index in [0.717, 1.165) is 32.1 Å². The summed E-state index contributed by atoms with van der Waals surface area (Å²) in [6, 6.07) is 0. The summed E-state index contributed by atoms with van der Waals surface area (Å²) in [6.07, 6.45) is 39.3. The van der Waals surface area contributed by atoms with Gasteiger partial charge in [-0.3, -0.25) is 18.6 Å². The van der Waals surface area contributed by atoms with Gasteiger partial charge in [0.2, 0.25) is 0 Å². The third-order valence-electron chi connectivity index (χ3n) is 8.72. The topological polar surface area (TPSA) is 169 Å². The van der Waals surface area contributed by atoms with Gasteiger partial charge >= 0.3 is 19.8 Å². The van der Waals surface area contributed by atoms with E-state index in [-0.39, 0.29) is 19.4 Å². The van der Waals surface area contributed by atoms with Crippen LogP contribution in [0.3, 0.4) is 0 Å². The van der Waals surface area contributed by atoms with Gasteiger partial charge in [-0.05, 0) is 70.6 Å².